The fourth-order valence-electron chi connectivity index (χ4n) is 1.11. The van der Waals surface area contributed by atoms with Gasteiger partial charge in [-0.1, -0.05) is 0 Å². The summed E-state index contributed by atoms with van der Waals surface area (Å²) < 4.78 is 5.35. The van der Waals surface area contributed by atoms with Crippen LogP contribution in [0.4, 0.5) is 0 Å². The zero-order valence-electron chi connectivity index (χ0n) is 7.75. The summed E-state index contributed by atoms with van der Waals surface area (Å²) in [5, 5.41) is 14.6. The molecule has 1 fully saturated rings. The third-order valence-corrected chi connectivity index (χ3v) is 1.89. The summed E-state index contributed by atoms with van der Waals surface area (Å²) in [6.45, 7) is 4.18. The summed E-state index contributed by atoms with van der Waals surface area (Å²) in [5.41, 5.74) is 0. The SMILES string of the molecule is C[C@H](O)C(=O)NCC1CNCCO1. The summed E-state index contributed by atoms with van der Waals surface area (Å²) in [6.07, 6.45) is -0.923. The highest BCUT2D eigenvalue weighted by molar-refractivity contribution is 5.79. The number of nitrogens with one attached hydrogen (secondary N) is 2. The van der Waals surface area contributed by atoms with E-state index < -0.39 is 6.10 Å². The summed E-state index contributed by atoms with van der Waals surface area (Å²) in [6, 6.07) is 0. The van der Waals surface area contributed by atoms with Gasteiger partial charge < -0.3 is 20.5 Å². The van der Waals surface area contributed by atoms with Crippen molar-refractivity contribution in [2.45, 2.75) is 19.1 Å². The van der Waals surface area contributed by atoms with Crippen LogP contribution in [-0.2, 0) is 9.53 Å². The molecule has 1 aliphatic heterocycles. The molecule has 0 aromatic carbocycles. The van der Waals surface area contributed by atoms with E-state index in [-0.39, 0.29) is 12.0 Å². The smallest absolute Gasteiger partial charge is 0.248 e. The van der Waals surface area contributed by atoms with Crippen molar-refractivity contribution < 1.29 is 14.6 Å². The average Bonchev–Trinajstić information content (AvgIpc) is 2.15. The standard InChI is InChI=1S/C8H16N2O3/c1-6(11)8(12)10-5-7-4-9-2-3-13-7/h6-7,9,11H,2-5H2,1H3,(H,10,12)/t6-,7?/m0/s1. The molecule has 1 aliphatic rings. The van der Waals surface area contributed by atoms with Crippen molar-refractivity contribution in [3.8, 4) is 0 Å². The van der Waals surface area contributed by atoms with Crippen LogP contribution in [0.15, 0.2) is 0 Å². The largest absolute Gasteiger partial charge is 0.384 e. The van der Waals surface area contributed by atoms with Gasteiger partial charge in [0.05, 0.1) is 12.7 Å². The van der Waals surface area contributed by atoms with Crippen LogP contribution >= 0.6 is 0 Å². The molecule has 5 nitrogen and oxygen atoms in total. The van der Waals surface area contributed by atoms with Crippen LogP contribution in [0.3, 0.4) is 0 Å². The molecule has 1 unspecified atom stereocenters. The Bertz CT molecular complexity index is 167. The normalized spacial score (nSPS) is 25.2. The maximum absolute atomic E-state index is 10.9. The molecule has 5 heteroatoms. The highest BCUT2D eigenvalue weighted by Gasteiger charge is 2.15. The van der Waals surface area contributed by atoms with Crippen molar-refractivity contribution in [2.24, 2.45) is 0 Å². The number of amides is 1. The van der Waals surface area contributed by atoms with E-state index in [1.165, 1.54) is 6.92 Å². The first-order chi connectivity index (χ1) is 6.20. The summed E-state index contributed by atoms with van der Waals surface area (Å²) in [7, 11) is 0. The second kappa shape index (κ2) is 5.16. The van der Waals surface area contributed by atoms with Crippen molar-refractivity contribution in [2.75, 3.05) is 26.2 Å². The lowest BCUT2D eigenvalue weighted by Crippen LogP contribution is -2.46. The van der Waals surface area contributed by atoms with E-state index in [0.717, 1.165) is 13.1 Å². The fourth-order valence-corrected chi connectivity index (χ4v) is 1.11. The molecule has 3 N–H and O–H groups in total. The molecule has 0 aromatic heterocycles. The molecule has 2 atom stereocenters. The fraction of sp³-hybridized carbons (Fsp3) is 0.875. The minimum absolute atomic E-state index is 0.0245. The van der Waals surface area contributed by atoms with Gasteiger partial charge in [-0.05, 0) is 6.92 Å². The third kappa shape index (κ3) is 3.71. The zero-order chi connectivity index (χ0) is 9.68. The minimum atomic E-state index is -0.948. The van der Waals surface area contributed by atoms with Gasteiger partial charge in [-0.25, -0.2) is 0 Å². The predicted octanol–water partition coefficient (Wildman–Crippen LogP) is -1.53. The first-order valence-corrected chi connectivity index (χ1v) is 4.48. The maximum atomic E-state index is 10.9. The van der Waals surface area contributed by atoms with Crippen molar-refractivity contribution in [1.82, 2.24) is 10.6 Å². The van der Waals surface area contributed by atoms with Gasteiger partial charge in [-0.3, -0.25) is 4.79 Å². The Hall–Kier alpha value is -0.650. The first-order valence-electron chi connectivity index (χ1n) is 4.48. The monoisotopic (exact) mass is 188 g/mol. The molecule has 76 valence electrons. The molecule has 0 aliphatic carbocycles. The number of ether oxygens (including phenoxy) is 1. The van der Waals surface area contributed by atoms with Crippen LogP contribution in [-0.4, -0.2) is 49.5 Å². The Morgan fingerprint density at radius 1 is 1.85 bits per heavy atom. The van der Waals surface area contributed by atoms with Gasteiger partial charge in [-0.2, -0.15) is 0 Å². The maximum Gasteiger partial charge on any atom is 0.248 e. The summed E-state index contributed by atoms with van der Waals surface area (Å²) >= 11 is 0. The number of carbonyl (C=O) groups excluding carboxylic acids is 1. The lowest BCUT2D eigenvalue weighted by Gasteiger charge is -2.23. The van der Waals surface area contributed by atoms with Crippen molar-refractivity contribution >= 4 is 5.91 Å². The van der Waals surface area contributed by atoms with E-state index >= 15 is 0 Å². The van der Waals surface area contributed by atoms with Gasteiger partial charge in [0.2, 0.25) is 5.91 Å². The molecule has 1 saturated heterocycles. The van der Waals surface area contributed by atoms with Crippen LogP contribution in [0.2, 0.25) is 0 Å². The lowest BCUT2D eigenvalue weighted by molar-refractivity contribution is -0.129. The first kappa shape index (κ1) is 10.4. The van der Waals surface area contributed by atoms with Crippen LogP contribution in [0.5, 0.6) is 0 Å². The third-order valence-electron chi connectivity index (χ3n) is 1.89. The van der Waals surface area contributed by atoms with E-state index in [0.29, 0.717) is 13.2 Å². The van der Waals surface area contributed by atoms with E-state index in [9.17, 15) is 4.79 Å². The van der Waals surface area contributed by atoms with E-state index in [2.05, 4.69) is 10.6 Å². The number of aliphatic hydroxyl groups excluding tert-OH is 1. The summed E-state index contributed by atoms with van der Waals surface area (Å²) in [4.78, 5) is 10.9. The molecule has 0 spiro atoms. The van der Waals surface area contributed by atoms with Crippen LogP contribution in [0, 0.1) is 0 Å². The van der Waals surface area contributed by atoms with E-state index in [1.54, 1.807) is 0 Å². The zero-order valence-corrected chi connectivity index (χ0v) is 7.75. The van der Waals surface area contributed by atoms with Crippen LogP contribution in [0.1, 0.15) is 6.92 Å². The Morgan fingerprint density at radius 2 is 2.62 bits per heavy atom. The van der Waals surface area contributed by atoms with Gasteiger partial charge in [0.15, 0.2) is 0 Å². The molecule has 1 rings (SSSR count). The van der Waals surface area contributed by atoms with Crippen molar-refractivity contribution in [3.63, 3.8) is 0 Å². The van der Waals surface area contributed by atoms with Gasteiger partial charge in [0.25, 0.3) is 0 Å². The number of morpholine rings is 1. The molecular formula is C8H16N2O3. The van der Waals surface area contributed by atoms with Gasteiger partial charge in [-0.15, -0.1) is 0 Å². The summed E-state index contributed by atoms with van der Waals surface area (Å²) in [5.74, 6) is -0.353. The van der Waals surface area contributed by atoms with Crippen molar-refractivity contribution in [1.29, 1.82) is 0 Å². The van der Waals surface area contributed by atoms with Crippen molar-refractivity contribution in [3.05, 3.63) is 0 Å². The Kier molecular flexibility index (Phi) is 4.14. The molecular weight excluding hydrogens is 172 g/mol. The Labute approximate surface area is 77.5 Å². The predicted molar refractivity (Wildman–Crippen MR) is 47.3 cm³/mol. The highest BCUT2D eigenvalue weighted by atomic mass is 16.5. The molecule has 13 heavy (non-hydrogen) atoms. The second-order valence-electron chi connectivity index (χ2n) is 3.12. The number of hydrogen-bond acceptors (Lipinski definition) is 4. The highest BCUT2D eigenvalue weighted by Crippen LogP contribution is 1.93. The van der Waals surface area contributed by atoms with Gasteiger partial charge in [0.1, 0.15) is 6.10 Å². The molecule has 1 amide bonds. The minimum Gasteiger partial charge on any atom is -0.384 e. The van der Waals surface area contributed by atoms with Crippen LogP contribution < -0.4 is 10.6 Å². The van der Waals surface area contributed by atoms with E-state index in [1.807, 2.05) is 0 Å². The number of hydrogen-bond donors (Lipinski definition) is 3. The Balaban J connectivity index is 2.13. The number of carbonyl (C=O) groups is 1. The lowest BCUT2D eigenvalue weighted by atomic mass is 10.3. The topological polar surface area (TPSA) is 70.6 Å². The number of aliphatic hydroxyl groups is 1. The van der Waals surface area contributed by atoms with Crippen LogP contribution in [0.25, 0.3) is 0 Å². The second-order valence-corrected chi connectivity index (χ2v) is 3.12. The molecule has 0 aromatic rings. The molecule has 0 bridgehead atoms. The van der Waals surface area contributed by atoms with E-state index in [4.69, 9.17) is 9.84 Å². The average molecular weight is 188 g/mol. The molecule has 1 heterocycles. The molecule has 0 saturated carbocycles. The number of rotatable bonds is 3. The molecule has 0 radical (unpaired) electrons. The van der Waals surface area contributed by atoms with Gasteiger partial charge in [0, 0.05) is 19.6 Å². The van der Waals surface area contributed by atoms with Gasteiger partial charge >= 0.3 is 0 Å². The Morgan fingerprint density at radius 3 is 3.15 bits per heavy atom. The quantitative estimate of drug-likeness (QED) is 0.502.